The fourth-order valence-corrected chi connectivity index (χ4v) is 2.20. The molecule has 6 nitrogen and oxygen atoms in total. The molecule has 3 N–H and O–H groups in total. The fraction of sp³-hybridized carbons (Fsp3) is 0.222. The third-order valence-electron chi connectivity index (χ3n) is 3.49. The summed E-state index contributed by atoms with van der Waals surface area (Å²) in [7, 11) is 0. The van der Waals surface area contributed by atoms with E-state index in [4.69, 9.17) is 4.74 Å². The van der Waals surface area contributed by atoms with Gasteiger partial charge in [0, 0.05) is 17.4 Å². The van der Waals surface area contributed by atoms with Crippen LogP contribution in [0.3, 0.4) is 0 Å². The van der Waals surface area contributed by atoms with E-state index in [9.17, 15) is 18.4 Å². The molecule has 2 rings (SSSR count). The highest BCUT2D eigenvalue weighted by molar-refractivity contribution is 5.94. The van der Waals surface area contributed by atoms with E-state index in [1.165, 1.54) is 0 Å². The highest BCUT2D eigenvalue weighted by Gasteiger charge is 2.11. The SMILES string of the molecule is CCOC(=O)Nc1cccc(NCC(=O)Nc2cc(F)ccc2F)c1C. The average Bonchev–Trinajstić information content (AvgIpc) is 2.59. The number of ether oxygens (including phenoxy) is 1. The summed E-state index contributed by atoms with van der Waals surface area (Å²) in [4.78, 5) is 23.5. The zero-order chi connectivity index (χ0) is 19.1. The quantitative estimate of drug-likeness (QED) is 0.727. The van der Waals surface area contributed by atoms with Crippen molar-refractivity contribution in [1.82, 2.24) is 0 Å². The number of carbonyl (C=O) groups excluding carboxylic acids is 2. The van der Waals surface area contributed by atoms with Crippen LogP contribution in [0.25, 0.3) is 0 Å². The van der Waals surface area contributed by atoms with Crippen LogP contribution in [0.15, 0.2) is 36.4 Å². The molecule has 0 unspecified atom stereocenters. The molecule has 2 aromatic carbocycles. The van der Waals surface area contributed by atoms with E-state index in [0.29, 0.717) is 16.9 Å². The van der Waals surface area contributed by atoms with Crippen molar-refractivity contribution in [1.29, 1.82) is 0 Å². The predicted molar refractivity (Wildman–Crippen MR) is 95.3 cm³/mol. The summed E-state index contributed by atoms with van der Waals surface area (Å²) in [6.45, 7) is 3.54. The van der Waals surface area contributed by atoms with Crippen LogP contribution in [0, 0.1) is 18.6 Å². The molecule has 0 aliphatic heterocycles. The van der Waals surface area contributed by atoms with E-state index in [0.717, 1.165) is 18.2 Å². The molecule has 0 bridgehead atoms. The number of benzene rings is 2. The molecular weight excluding hydrogens is 344 g/mol. The third-order valence-corrected chi connectivity index (χ3v) is 3.49. The first-order valence-corrected chi connectivity index (χ1v) is 7.93. The zero-order valence-electron chi connectivity index (χ0n) is 14.4. The third kappa shape index (κ3) is 5.17. The number of hydrogen-bond donors (Lipinski definition) is 3. The molecule has 2 aromatic rings. The number of hydrogen-bond acceptors (Lipinski definition) is 4. The maximum atomic E-state index is 13.5. The lowest BCUT2D eigenvalue weighted by atomic mass is 10.1. The Balaban J connectivity index is 1.99. The second-order valence-corrected chi connectivity index (χ2v) is 5.35. The van der Waals surface area contributed by atoms with Gasteiger partial charge in [0.15, 0.2) is 0 Å². The molecule has 2 amide bonds. The van der Waals surface area contributed by atoms with Gasteiger partial charge in [-0.15, -0.1) is 0 Å². The lowest BCUT2D eigenvalue weighted by Gasteiger charge is -2.14. The summed E-state index contributed by atoms with van der Waals surface area (Å²) >= 11 is 0. The standard InChI is InChI=1S/C18H19F2N3O3/c1-3-26-18(25)23-15-6-4-5-14(11(15)2)21-10-17(24)22-16-9-12(19)7-8-13(16)20/h4-9,21H,3,10H2,1-2H3,(H,22,24)(H,23,25). The minimum atomic E-state index is -0.725. The molecule has 0 spiro atoms. The zero-order valence-corrected chi connectivity index (χ0v) is 14.4. The predicted octanol–water partition coefficient (Wildman–Crippen LogP) is 3.89. The normalized spacial score (nSPS) is 10.2. The highest BCUT2D eigenvalue weighted by atomic mass is 19.1. The molecule has 0 heterocycles. The Morgan fingerprint density at radius 1 is 1.04 bits per heavy atom. The molecular formula is C18H19F2N3O3. The van der Waals surface area contributed by atoms with E-state index >= 15 is 0 Å². The number of carbonyl (C=O) groups is 2. The van der Waals surface area contributed by atoms with Crippen molar-refractivity contribution in [2.24, 2.45) is 0 Å². The van der Waals surface area contributed by atoms with Gasteiger partial charge in [-0.2, -0.15) is 0 Å². The molecule has 0 radical (unpaired) electrons. The fourth-order valence-electron chi connectivity index (χ4n) is 2.20. The van der Waals surface area contributed by atoms with Gasteiger partial charge in [0.05, 0.1) is 18.8 Å². The van der Waals surface area contributed by atoms with Crippen LogP contribution in [0.1, 0.15) is 12.5 Å². The maximum absolute atomic E-state index is 13.5. The maximum Gasteiger partial charge on any atom is 0.411 e. The minimum absolute atomic E-state index is 0.167. The Kier molecular flexibility index (Phi) is 6.48. The lowest BCUT2D eigenvalue weighted by Crippen LogP contribution is -2.23. The number of anilines is 3. The summed E-state index contributed by atoms with van der Waals surface area (Å²) in [6.07, 6.45) is -0.577. The Morgan fingerprint density at radius 3 is 2.50 bits per heavy atom. The van der Waals surface area contributed by atoms with Crippen molar-refractivity contribution >= 4 is 29.1 Å². The van der Waals surface area contributed by atoms with Gasteiger partial charge in [-0.1, -0.05) is 6.07 Å². The van der Waals surface area contributed by atoms with E-state index in [-0.39, 0.29) is 18.8 Å². The molecule has 0 aliphatic carbocycles. The Morgan fingerprint density at radius 2 is 1.77 bits per heavy atom. The monoisotopic (exact) mass is 363 g/mol. The molecule has 26 heavy (non-hydrogen) atoms. The van der Waals surface area contributed by atoms with E-state index in [2.05, 4.69) is 16.0 Å². The van der Waals surface area contributed by atoms with Gasteiger partial charge in [0.1, 0.15) is 11.6 Å². The van der Waals surface area contributed by atoms with Gasteiger partial charge < -0.3 is 15.4 Å². The first-order valence-electron chi connectivity index (χ1n) is 7.93. The summed E-state index contributed by atoms with van der Waals surface area (Å²) in [5.41, 5.74) is 1.61. The van der Waals surface area contributed by atoms with Crippen molar-refractivity contribution in [3.63, 3.8) is 0 Å². The van der Waals surface area contributed by atoms with Crippen LogP contribution >= 0.6 is 0 Å². The van der Waals surface area contributed by atoms with Gasteiger partial charge in [0.2, 0.25) is 5.91 Å². The molecule has 0 fully saturated rings. The molecule has 0 aromatic heterocycles. The number of nitrogens with one attached hydrogen (secondary N) is 3. The summed E-state index contributed by atoms with van der Waals surface area (Å²) in [5, 5.41) is 7.79. The van der Waals surface area contributed by atoms with Gasteiger partial charge in [-0.05, 0) is 43.7 Å². The second-order valence-electron chi connectivity index (χ2n) is 5.35. The molecule has 0 saturated heterocycles. The van der Waals surface area contributed by atoms with Gasteiger partial charge in [-0.25, -0.2) is 13.6 Å². The van der Waals surface area contributed by atoms with Crippen LogP contribution in [0.2, 0.25) is 0 Å². The van der Waals surface area contributed by atoms with Crippen LogP contribution < -0.4 is 16.0 Å². The van der Waals surface area contributed by atoms with Crippen LogP contribution in [0.5, 0.6) is 0 Å². The topological polar surface area (TPSA) is 79.5 Å². The van der Waals surface area contributed by atoms with Crippen LogP contribution in [-0.4, -0.2) is 25.2 Å². The highest BCUT2D eigenvalue weighted by Crippen LogP contribution is 2.23. The van der Waals surface area contributed by atoms with Gasteiger partial charge >= 0.3 is 6.09 Å². The molecule has 0 saturated carbocycles. The molecule has 138 valence electrons. The van der Waals surface area contributed by atoms with Crippen molar-refractivity contribution < 1.29 is 23.1 Å². The second kappa shape index (κ2) is 8.80. The van der Waals surface area contributed by atoms with E-state index in [1.807, 2.05) is 0 Å². The van der Waals surface area contributed by atoms with Crippen LogP contribution in [0.4, 0.5) is 30.6 Å². The lowest BCUT2D eigenvalue weighted by molar-refractivity contribution is -0.114. The minimum Gasteiger partial charge on any atom is -0.450 e. The van der Waals surface area contributed by atoms with Crippen LogP contribution in [-0.2, 0) is 9.53 Å². The summed E-state index contributed by atoms with van der Waals surface area (Å²) in [5.74, 6) is -1.92. The van der Waals surface area contributed by atoms with Crippen molar-refractivity contribution in [2.75, 3.05) is 29.1 Å². The van der Waals surface area contributed by atoms with Crippen molar-refractivity contribution in [2.45, 2.75) is 13.8 Å². The van der Waals surface area contributed by atoms with E-state index < -0.39 is 23.6 Å². The smallest absolute Gasteiger partial charge is 0.411 e. The number of amides is 2. The Hall–Kier alpha value is -3.16. The Bertz CT molecular complexity index is 812. The first-order chi connectivity index (χ1) is 12.4. The first kappa shape index (κ1) is 19.2. The van der Waals surface area contributed by atoms with E-state index in [1.54, 1.807) is 32.0 Å². The molecule has 0 aliphatic rings. The number of halogens is 2. The van der Waals surface area contributed by atoms with Gasteiger partial charge in [-0.3, -0.25) is 10.1 Å². The Labute approximate surface area is 149 Å². The van der Waals surface area contributed by atoms with Gasteiger partial charge in [0.25, 0.3) is 0 Å². The number of rotatable bonds is 6. The summed E-state index contributed by atoms with van der Waals surface area (Å²) < 4.78 is 31.5. The van der Waals surface area contributed by atoms with Crippen molar-refractivity contribution in [3.8, 4) is 0 Å². The van der Waals surface area contributed by atoms with Crippen molar-refractivity contribution in [3.05, 3.63) is 53.6 Å². The average molecular weight is 363 g/mol. The summed E-state index contributed by atoms with van der Waals surface area (Å²) in [6, 6.07) is 7.92. The largest absolute Gasteiger partial charge is 0.450 e. The molecule has 8 heteroatoms. The molecule has 0 atom stereocenters.